The summed E-state index contributed by atoms with van der Waals surface area (Å²) >= 11 is 0. The lowest BCUT2D eigenvalue weighted by molar-refractivity contribution is 0.187. The second-order valence-corrected chi connectivity index (χ2v) is 4.07. The highest BCUT2D eigenvalue weighted by atomic mass is 16.3. The molecule has 0 radical (unpaired) electrons. The first kappa shape index (κ1) is 12.2. The van der Waals surface area contributed by atoms with Gasteiger partial charge in [0.05, 0.1) is 6.10 Å². The lowest BCUT2D eigenvalue weighted by atomic mass is 10.0. The third kappa shape index (κ3) is 4.02. The van der Waals surface area contributed by atoms with Crippen molar-refractivity contribution in [3.05, 3.63) is 35.4 Å². The first-order chi connectivity index (χ1) is 7.13. The molecule has 1 aromatic carbocycles. The summed E-state index contributed by atoms with van der Waals surface area (Å²) in [6.07, 6.45) is 0.790. The van der Waals surface area contributed by atoms with Crippen LogP contribution in [0.4, 0.5) is 0 Å². The van der Waals surface area contributed by atoms with E-state index >= 15 is 0 Å². The monoisotopic (exact) mass is 207 g/mol. The molecule has 0 bridgehead atoms. The largest absolute Gasteiger partial charge is 0.392 e. The van der Waals surface area contributed by atoms with Crippen LogP contribution >= 0.6 is 0 Å². The number of hydrogen-bond acceptors (Lipinski definition) is 2. The van der Waals surface area contributed by atoms with E-state index < -0.39 is 0 Å². The molecule has 0 saturated heterocycles. The molecule has 0 fully saturated rings. The van der Waals surface area contributed by atoms with Gasteiger partial charge in [0, 0.05) is 12.6 Å². The molecule has 84 valence electrons. The predicted octanol–water partition coefficient (Wildman–Crippen LogP) is 2.28. The Morgan fingerprint density at radius 1 is 1.20 bits per heavy atom. The molecule has 0 amide bonds. The Morgan fingerprint density at radius 3 is 2.27 bits per heavy atom. The second kappa shape index (κ2) is 5.89. The van der Waals surface area contributed by atoms with Gasteiger partial charge in [-0.25, -0.2) is 0 Å². The minimum atomic E-state index is -0.289. The van der Waals surface area contributed by atoms with Crippen LogP contribution in [0.3, 0.4) is 0 Å². The van der Waals surface area contributed by atoms with E-state index in [0.717, 1.165) is 6.42 Å². The summed E-state index contributed by atoms with van der Waals surface area (Å²) in [4.78, 5) is 0. The molecule has 0 spiro atoms. The molecule has 0 aliphatic carbocycles. The fourth-order valence-corrected chi connectivity index (χ4v) is 1.51. The van der Waals surface area contributed by atoms with Crippen LogP contribution in [0.25, 0.3) is 0 Å². The number of aliphatic hydroxyl groups excluding tert-OH is 1. The maximum Gasteiger partial charge on any atom is 0.0636 e. The quantitative estimate of drug-likeness (QED) is 0.776. The van der Waals surface area contributed by atoms with E-state index in [0.29, 0.717) is 12.6 Å². The van der Waals surface area contributed by atoms with Crippen molar-refractivity contribution >= 4 is 0 Å². The summed E-state index contributed by atoms with van der Waals surface area (Å²) in [6, 6.07) is 8.92. The van der Waals surface area contributed by atoms with Crippen LogP contribution in [0.1, 0.15) is 37.9 Å². The van der Waals surface area contributed by atoms with E-state index in [1.165, 1.54) is 11.1 Å². The zero-order chi connectivity index (χ0) is 11.3. The van der Waals surface area contributed by atoms with Crippen molar-refractivity contribution in [2.45, 2.75) is 39.3 Å². The van der Waals surface area contributed by atoms with E-state index in [1.807, 2.05) is 0 Å². The summed E-state index contributed by atoms with van der Waals surface area (Å²) < 4.78 is 0. The van der Waals surface area contributed by atoms with Gasteiger partial charge in [-0.1, -0.05) is 31.2 Å². The van der Waals surface area contributed by atoms with Gasteiger partial charge in [-0.2, -0.15) is 0 Å². The van der Waals surface area contributed by atoms with Gasteiger partial charge in [-0.15, -0.1) is 0 Å². The number of rotatable bonds is 5. The fourth-order valence-electron chi connectivity index (χ4n) is 1.51. The molecule has 2 heteroatoms. The molecule has 1 rings (SSSR count). The Balaban J connectivity index is 2.54. The van der Waals surface area contributed by atoms with E-state index in [2.05, 4.69) is 43.4 Å². The minimum Gasteiger partial charge on any atom is -0.392 e. The van der Waals surface area contributed by atoms with Gasteiger partial charge in [0.15, 0.2) is 0 Å². The summed E-state index contributed by atoms with van der Waals surface area (Å²) in [5.74, 6) is 0. The highest BCUT2D eigenvalue weighted by Crippen LogP contribution is 2.13. The van der Waals surface area contributed by atoms with Crippen LogP contribution in [0.5, 0.6) is 0 Å². The zero-order valence-electron chi connectivity index (χ0n) is 9.83. The molecule has 0 aliphatic rings. The molecule has 2 atom stereocenters. The van der Waals surface area contributed by atoms with Crippen LogP contribution in [-0.4, -0.2) is 17.8 Å². The fraction of sp³-hybridized carbons (Fsp3) is 0.538. The maximum atomic E-state index is 9.17. The third-order valence-electron chi connectivity index (χ3n) is 2.61. The standard InChI is InChI=1S/C13H21NO/c1-4-12-5-7-13(8-6-12)11(3)14-9-10(2)15/h5-8,10-11,14-15H,4,9H2,1-3H3/t10-,11-/m1/s1. The Hall–Kier alpha value is -0.860. The smallest absolute Gasteiger partial charge is 0.0636 e. The van der Waals surface area contributed by atoms with Gasteiger partial charge in [-0.3, -0.25) is 0 Å². The average molecular weight is 207 g/mol. The van der Waals surface area contributed by atoms with Crippen molar-refractivity contribution < 1.29 is 5.11 Å². The number of aryl methyl sites for hydroxylation is 1. The summed E-state index contributed by atoms with van der Waals surface area (Å²) in [7, 11) is 0. The predicted molar refractivity (Wildman–Crippen MR) is 63.9 cm³/mol. The van der Waals surface area contributed by atoms with Gasteiger partial charge in [-0.05, 0) is 31.4 Å². The van der Waals surface area contributed by atoms with Crippen LogP contribution in [0.2, 0.25) is 0 Å². The first-order valence-corrected chi connectivity index (χ1v) is 5.63. The number of benzene rings is 1. The number of nitrogens with one attached hydrogen (secondary N) is 1. The molecule has 0 aliphatic heterocycles. The van der Waals surface area contributed by atoms with Crippen LogP contribution < -0.4 is 5.32 Å². The van der Waals surface area contributed by atoms with Crippen LogP contribution in [-0.2, 0) is 6.42 Å². The molecule has 0 aromatic heterocycles. The molecule has 0 unspecified atom stereocenters. The molecule has 0 heterocycles. The Labute approximate surface area is 92.3 Å². The van der Waals surface area contributed by atoms with E-state index in [4.69, 9.17) is 5.11 Å². The minimum absolute atomic E-state index is 0.289. The SMILES string of the molecule is CCc1ccc([C@@H](C)NC[C@@H](C)O)cc1. The van der Waals surface area contributed by atoms with Gasteiger partial charge in [0.25, 0.3) is 0 Å². The number of hydrogen-bond donors (Lipinski definition) is 2. The van der Waals surface area contributed by atoms with Gasteiger partial charge < -0.3 is 10.4 Å². The Kier molecular flexibility index (Phi) is 4.79. The molecular weight excluding hydrogens is 186 g/mol. The molecule has 1 aromatic rings. The van der Waals surface area contributed by atoms with Crippen molar-refractivity contribution in [3.8, 4) is 0 Å². The zero-order valence-corrected chi connectivity index (χ0v) is 9.83. The highest BCUT2D eigenvalue weighted by Gasteiger charge is 2.05. The van der Waals surface area contributed by atoms with E-state index in [1.54, 1.807) is 6.92 Å². The van der Waals surface area contributed by atoms with Crippen molar-refractivity contribution in [2.75, 3.05) is 6.54 Å². The first-order valence-electron chi connectivity index (χ1n) is 5.63. The Morgan fingerprint density at radius 2 is 1.80 bits per heavy atom. The van der Waals surface area contributed by atoms with Crippen molar-refractivity contribution in [2.24, 2.45) is 0 Å². The van der Waals surface area contributed by atoms with Crippen molar-refractivity contribution in [1.82, 2.24) is 5.32 Å². The van der Waals surface area contributed by atoms with Gasteiger partial charge >= 0.3 is 0 Å². The van der Waals surface area contributed by atoms with Gasteiger partial charge in [0.2, 0.25) is 0 Å². The lowest BCUT2D eigenvalue weighted by Crippen LogP contribution is -2.27. The Bertz CT molecular complexity index is 279. The van der Waals surface area contributed by atoms with Gasteiger partial charge in [0.1, 0.15) is 0 Å². The van der Waals surface area contributed by atoms with Crippen molar-refractivity contribution in [3.63, 3.8) is 0 Å². The van der Waals surface area contributed by atoms with E-state index in [-0.39, 0.29) is 6.10 Å². The molecule has 0 saturated carbocycles. The summed E-state index contributed by atoms with van der Waals surface area (Å²) in [6.45, 7) is 6.70. The average Bonchev–Trinajstić information content (AvgIpc) is 2.26. The maximum absolute atomic E-state index is 9.17. The number of aliphatic hydroxyl groups is 1. The lowest BCUT2D eigenvalue weighted by Gasteiger charge is -2.15. The molecule has 15 heavy (non-hydrogen) atoms. The van der Waals surface area contributed by atoms with Crippen LogP contribution in [0.15, 0.2) is 24.3 Å². The normalized spacial score (nSPS) is 14.9. The highest BCUT2D eigenvalue weighted by molar-refractivity contribution is 5.24. The summed E-state index contributed by atoms with van der Waals surface area (Å²) in [5, 5.41) is 12.5. The molecular formula is C13H21NO. The van der Waals surface area contributed by atoms with Crippen molar-refractivity contribution in [1.29, 1.82) is 0 Å². The van der Waals surface area contributed by atoms with E-state index in [9.17, 15) is 0 Å². The molecule has 2 nitrogen and oxygen atoms in total. The second-order valence-electron chi connectivity index (χ2n) is 4.07. The topological polar surface area (TPSA) is 32.3 Å². The third-order valence-corrected chi connectivity index (χ3v) is 2.61. The van der Waals surface area contributed by atoms with Crippen LogP contribution in [0, 0.1) is 0 Å². The molecule has 2 N–H and O–H groups in total. The summed E-state index contributed by atoms with van der Waals surface area (Å²) in [5.41, 5.74) is 2.63.